The van der Waals surface area contributed by atoms with Gasteiger partial charge in [-0.2, -0.15) is 5.26 Å². The highest BCUT2D eigenvalue weighted by molar-refractivity contribution is 6.30. The summed E-state index contributed by atoms with van der Waals surface area (Å²) in [4.78, 5) is 16.5. The number of nitriles is 1. The highest BCUT2D eigenvalue weighted by Gasteiger charge is 2.26. The minimum atomic E-state index is -0.324. The molecule has 0 bridgehead atoms. The molecule has 0 saturated carbocycles. The van der Waals surface area contributed by atoms with Crippen molar-refractivity contribution in [3.63, 3.8) is 0 Å². The van der Waals surface area contributed by atoms with Crippen molar-refractivity contribution in [3.8, 4) is 6.07 Å². The van der Waals surface area contributed by atoms with E-state index in [-0.39, 0.29) is 11.9 Å². The molecule has 26 heavy (non-hydrogen) atoms. The zero-order valence-electron chi connectivity index (χ0n) is 14.6. The van der Waals surface area contributed by atoms with Crippen molar-refractivity contribution >= 4 is 17.5 Å². The molecule has 1 saturated heterocycles. The van der Waals surface area contributed by atoms with Gasteiger partial charge in [0.1, 0.15) is 6.04 Å². The second-order valence-electron chi connectivity index (χ2n) is 6.49. The van der Waals surface area contributed by atoms with Crippen LogP contribution in [0.3, 0.4) is 0 Å². The number of carbonyl (C=O) groups is 1. The van der Waals surface area contributed by atoms with Gasteiger partial charge in [0.05, 0.1) is 6.07 Å². The predicted molar refractivity (Wildman–Crippen MR) is 103 cm³/mol. The van der Waals surface area contributed by atoms with E-state index in [9.17, 15) is 10.1 Å². The molecular formula is C21H22ClN3O. The molecule has 2 aromatic carbocycles. The molecule has 1 aliphatic heterocycles. The van der Waals surface area contributed by atoms with E-state index in [0.29, 0.717) is 37.6 Å². The van der Waals surface area contributed by atoms with Crippen LogP contribution in [-0.2, 0) is 11.2 Å². The molecule has 1 heterocycles. The van der Waals surface area contributed by atoms with Gasteiger partial charge in [0.25, 0.3) is 0 Å². The topological polar surface area (TPSA) is 47.3 Å². The Morgan fingerprint density at radius 1 is 1.08 bits per heavy atom. The van der Waals surface area contributed by atoms with E-state index in [1.807, 2.05) is 59.5 Å². The van der Waals surface area contributed by atoms with Gasteiger partial charge in [-0.3, -0.25) is 9.69 Å². The Bertz CT molecular complexity index is 779. The van der Waals surface area contributed by atoms with E-state index in [4.69, 9.17) is 11.6 Å². The number of hydrogen-bond acceptors (Lipinski definition) is 3. The monoisotopic (exact) mass is 367 g/mol. The van der Waals surface area contributed by atoms with E-state index in [0.717, 1.165) is 12.0 Å². The third-order valence-electron chi connectivity index (χ3n) is 4.79. The molecule has 0 spiro atoms. The van der Waals surface area contributed by atoms with Gasteiger partial charge in [0.2, 0.25) is 5.91 Å². The average Bonchev–Trinajstić information content (AvgIpc) is 2.68. The summed E-state index contributed by atoms with van der Waals surface area (Å²) in [6.45, 7) is 2.71. The SMILES string of the molecule is N#CC(c1cccc(Cl)c1)N1CCN(C(=O)CCc2ccccc2)CC1. The van der Waals surface area contributed by atoms with Crippen LogP contribution in [0.5, 0.6) is 0 Å². The number of hydrogen-bond donors (Lipinski definition) is 0. The van der Waals surface area contributed by atoms with Gasteiger partial charge in [-0.15, -0.1) is 0 Å². The number of nitrogens with zero attached hydrogens (tertiary/aromatic N) is 3. The van der Waals surface area contributed by atoms with Gasteiger partial charge in [-0.25, -0.2) is 0 Å². The van der Waals surface area contributed by atoms with Gasteiger partial charge in [-0.05, 0) is 29.7 Å². The molecule has 1 fully saturated rings. The lowest BCUT2D eigenvalue weighted by Crippen LogP contribution is -2.49. The normalized spacial score (nSPS) is 16.1. The minimum Gasteiger partial charge on any atom is -0.340 e. The van der Waals surface area contributed by atoms with Gasteiger partial charge < -0.3 is 4.90 Å². The minimum absolute atomic E-state index is 0.185. The Morgan fingerprint density at radius 3 is 2.46 bits per heavy atom. The van der Waals surface area contributed by atoms with E-state index in [1.165, 1.54) is 5.56 Å². The maximum Gasteiger partial charge on any atom is 0.222 e. The van der Waals surface area contributed by atoms with Crippen LogP contribution >= 0.6 is 11.6 Å². The van der Waals surface area contributed by atoms with Crippen molar-refractivity contribution in [1.29, 1.82) is 5.26 Å². The van der Waals surface area contributed by atoms with Gasteiger partial charge in [0.15, 0.2) is 0 Å². The molecule has 0 aromatic heterocycles. The predicted octanol–water partition coefficient (Wildman–Crippen LogP) is 3.68. The van der Waals surface area contributed by atoms with Gasteiger partial charge in [0, 0.05) is 37.6 Å². The zero-order valence-corrected chi connectivity index (χ0v) is 15.4. The first-order valence-electron chi connectivity index (χ1n) is 8.88. The van der Waals surface area contributed by atoms with Crippen LogP contribution < -0.4 is 0 Å². The second kappa shape index (κ2) is 8.84. The lowest BCUT2D eigenvalue weighted by Gasteiger charge is -2.37. The van der Waals surface area contributed by atoms with Crippen molar-refractivity contribution < 1.29 is 4.79 Å². The number of amides is 1. The lowest BCUT2D eigenvalue weighted by molar-refractivity contribution is -0.133. The summed E-state index contributed by atoms with van der Waals surface area (Å²) in [5.41, 5.74) is 2.09. The summed E-state index contributed by atoms with van der Waals surface area (Å²) in [5.74, 6) is 0.185. The van der Waals surface area contributed by atoms with E-state index >= 15 is 0 Å². The third-order valence-corrected chi connectivity index (χ3v) is 5.02. The Morgan fingerprint density at radius 2 is 1.81 bits per heavy atom. The molecule has 5 heteroatoms. The standard InChI is InChI=1S/C21H22ClN3O/c22-19-8-4-7-18(15-19)20(16-23)24-11-13-25(14-12-24)21(26)10-9-17-5-2-1-3-6-17/h1-8,15,20H,9-14H2. The van der Waals surface area contributed by atoms with Crippen molar-refractivity contribution in [1.82, 2.24) is 9.80 Å². The first-order valence-corrected chi connectivity index (χ1v) is 9.26. The highest BCUT2D eigenvalue weighted by atomic mass is 35.5. The van der Waals surface area contributed by atoms with Crippen LogP contribution in [0.2, 0.25) is 5.02 Å². The summed E-state index contributed by atoms with van der Waals surface area (Å²) in [6, 6.07) is 19.6. The fourth-order valence-corrected chi connectivity index (χ4v) is 3.53. The molecule has 1 atom stereocenters. The largest absolute Gasteiger partial charge is 0.340 e. The summed E-state index contributed by atoms with van der Waals surface area (Å²) < 4.78 is 0. The zero-order chi connectivity index (χ0) is 18.4. The number of benzene rings is 2. The number of rotatable bonds is 5. The number of carbonyl (C=O) groups excluding carboxylic acids is 1. The molecule has 1 aliphatic rings. The maximum atomic E-state index is 12.5. The highest BCUT2D eigenvalue weighted by Crippen LogP contribution is 2.24. The summed E-state index contributed by atoms with van der Waals surface area (Å²) in [6.07, 6.45) is 1.29. The maximum absolute atomic E-state index is 12.5. The molecule has 0 N–H and O–H groups in total. The number of aryl methyl sites for hydroxylation is 1. The molecule has 4 nitrogen and oxygen atoms in total. The molecule has 2 aromatic rings. The van der Waals surface area contributed by atoms with Crippen molar-refractivity contribution in [2.24, 2.45) is 0 Å². The molecular weight excluding hydrogens is 346 g/mol. The molecule has 0 aliphatic carbocycles. The first-order chi connectivity index (χ1) is 12.7. The average molecular weight is 368 g/mol. The van der Waals surface area contributed by atoms with E-state index in [2.05, 4.69) is 11.0 Å². The molecule has 134 valence electrons. The van der Waals surface area contributed by atoms with Crippen molar-refractivity contribution in [3.05, 3.63) is 70.7 Å². The van der Waals surface area contributed by atoms with Crippen LogP contribution in [0.1, 0.15) is 23.6 Å². The van der Waals surface area contributed by atoms with Gasteiger partial charge >= 0.3 is 0 Å². The van der Waals surface area contributed by atoms with E-state index in [1.54, 1.807) is 0 Å². The molecule has 0 radical (unpaired) electrons. The Hall–Kier alpha value is -2.35. The van der Waals surface area contributed by atoms with Crippen LogP contribution in [-0.4, -0.2) is 41.9 Å². The van der Waals surface area contributed by atoms with Crippen LogP contribution in [0, 0.1) is 11.3 Å². The Balaban J connectivity index is 1.53. The summed E-state index contributed by atoms with van der Waals surface area (Å²) >= 11 is 6.05. The van der Waals surface area contributed by atoms with E-state index < -0.39 is 0 Å². The smallest absolute Gasteiger partial charge is 0.222 e. The van der Waals surface area contributed by atoms with Crippen molar-refractivity contribution in [2.45, 2.75) is 18.9 Å². The lowest BCUT2D eigenvalue weighted by atomic mass is 10.1. The number of halogens is 1. The molecule has 1 unspecified atom stereocenters. The first kappa shape index (κ1) is 18.4. The summed E-state index contributed by atoms with van der Waals surface area (Å²) in [5, 5.41) is 10.2. The fraction of sp³-hybridized carbons (Fsp3) is 0.333. The molecule has 3 rings (SSSR count). The van der Waals surface area contributed by atoms with Crippen LogP contribution in [0.25, 0.3) is 0 Å². The quantitative estimate of drug-likeness (QED) is 0.809. The Kier molecular flexibility index (Phi) is 6.27. The third kappa shape index (κ3) is 4.63. The number of piperazine rings is 1. The summed E-state index contributed by atoms with van der Waals surface area (Å²) in [7, 11) is 0. The van der Waals surface area contributed by atoms with Crippen molar-refractivity contribution in [2.75, 3.05) is 26.2 Å². The Labute approximate surface area is 159 Å². The van der Waals surface area contributed by atoms with Gasteiger partial charge in [-0.1, -0.05) is 54.1 Å². The molecule has 1 amide bonds. The van der Waals surface area contributed by atoms with Crippen LogP contribution in [0.15, 0.2) is 54.6 Å². The second-order valence-corrected chi connectivity index (χ2v) is 6.93. The fourth-order valence-electron chi connectivity index (χ4n) is 3.33. The van der Waals surface area contributed by atoms with Crippen LogP contribution in [0.4, 0.5) is 0 Å².